The quantitative estimate of drug-likeness (QED) is 0.0630. The lowest BCUT2D eigenvalue weighted by Gasteiger charge is -2.35. The highest BCUT2D eigenvalue weighted by Gasteiger charge is 2.37. The van der Waals surface area contributed by atoms with Gasteiger partial charge >= 0.3 is 0 Å². The van der Waals surface area contributed by atoms with E-state index in [0.29, 0.717) is 148 Å². The zero-order valence-corrected chi connectivity index (χ0v) is 44.2. The number of methoxy groups -OCH3 is 1. The molecular weight excluding hydrogens is 1020 g/mol. The highest BCUT2D eigenvalue weighted by atomic mass is 35.5. The molecule has 74 heavy (non-hydrogen) atoms. The van der Waals surface area contributed by atoms with E-state index in [9.17, 15) is 9.18 Å². The molecular formula is C54H60Cl2F2N6O9S. The Kier molecular flexibility index (Phi) is 17.8. The Morgan fingerprint density at radius 2 is 1.65 bits per heavy atom. The van der Waals surface area contributed by atoms with Crippen molar-refractivity contribution in [2.24, 2.45) is 0 Å². The minimum absolute atomic E-state index is 0.00106. The molecule has 3 aromatic heterocycles. The van der Waals surface area contributed by atoms with Gasteiger partial charge in [0.15, 0.2) is 5.75 Å². The Hall–Kier alpha value is -5.31. The van der Waals surface area contributed by atoms with Gasteiger partial charge < -0.3 is 42.8 Å². The van der Waals surface area contributed by atoms with Crippen LogP contribution in [0.3, 0.4) is 0 Å². The van der Waals surface area contributed by atoms with Gasteiger partial charge in [-0.25, -0.2) is 28.7 Å². The first kappa shape index (κ1) is 53.5. The highest BCUT2D eigenvalue weighted by molar-refractivity contribution is 7.22. The van der Waals surface area contributed by atoms with Gasteiger partial charge in [0.2, 0.25) is 12.2 Å². The molecule has 0 unspecified atom stereocenters. The van der Waals surface area contributed by atoms with Crippen LogP contribution in [-0.2, 0) is 36.8 Å². The summed E-state index contributed by atoms with van der Waals surface area (Å²) in [7, 11) is 3.72. The smallest absolute Gasteiger partial charge is 0.296 e. The summed E-state index contributed by atoms with van der Waals surface area (Å²) in [4.78, 5) is 37.0. The number of fused-ring (bicyclic) bond motifs is 7. The monoisotopic (exact) mass is 1080 g/mol. The van der Waals surface area contributed by atoms with Crippen LogP contribution < -0.4 is 18.9 Å². The van der Waals surface area contributed by atoms with Crippen LogP contribution in [0.15, 0.2) is 61.1 Å². The van der Waals surface area contributed by atoms with E-state index >= 15 is 4.39 Å². The van der Waals surface area contributed by atoms with Crippen LogP contribution >= 0.6 is 34.5 Å². The van der Waals surface area contributed by atoms with E-state index in [0.717, 1.165) is 31.1 Å². The van der Waals surface area contributed by atoms with Crippen molar-refractivity contribution in [1.82, 2.24) is 29.7 Å². The second-order valence-corrected chi connectivity index (χ2v) is 20.7. The molecule has 0 radical (unpaired) electrons. The molecule has 394 valence electrons. The van der Waals surface area contributed by atoms with Crippen LogP contribution in [-0.4, -0.2) is 141 Å². The van der Waals surface area contributed by atoms with Crippen LogP contribution in [0.25, 0.3) is 31.8 Å². The van der Waals surface area contributed by atoms with Crippen molar-refractivity contribution in [3.63, 3.8) is 0 Å². The van der Waals surface area contributed by atoms with Crippen LogP contribution in [0.1, 0.15) is 59.8 Å². The van der Waals surface area contributed by atoms with E-state index in [1.54, 1.807) is 43.6 Å². The molecule has 3 aliphatic heterocycles. The Morgan fingerprint density at radius 3 is 2.39 bits per heavy atom. The summed E-state index contributed by atoms with van der Waals surface area (Å²) in [5.74, 6) is 1.61. The van der Waals surface area contributed by atoms with Gasteiger partial charge in [0.25, 0.3) is 6.47 Å². The second kappa shape index (κ2) is 24.6. The van der Waals surface area contributed by atoms with Gasteiger partial charge in [-0.15, -0.1) is 11.3 Å². The number of rotatable bonds is 17. The number of nitrogens with zero attached hydrogens (tertiary/aromatic N) is 6. The van der Waals surface area contributed by atoms with Crippen molar-refractivity contribution in [1.29, 1.82) is 0 Å². The molecule has 1 aliphatic carbocycles. The zero-order valence-electron chi connectivity index (χ0n) is 41.9. The number of thiophene rings is 1. The number of carbonyl (C=O) groups is 1. The van der Waals surface area contributed by atoms with E-state index in [2.05, 4.69) is 31.8 Å². The standard InChI is InChI=1S/C54H60Cl2F2N6O9S/c1-33-44-34(2)48(56)49(47(33)55)72-41(27-64-19-17-63(3)18-20-64)29-69-40-9-10-42(70-28-39-13-16-59-51(62-39)36-11-14-54(58,15-12-36)30-68-24-23-67-22-21-66-4)37(25-40)26-43(71-32-65)73-52-46-45(44)50(74-53(46)61-31-60-52)35-5-7-38(57)8-6-35/h5-10,13,16,25,31-32,36,41,43H,11-12,14-15,17-24,26-30H2,1-4H3/t36?,41-,43-,54?/m1/s1. The molecule has 2 fully saturated rings. The van der Waals surface area contributed by atoms with Gasteiger partial charge in [0, 0.05) is 68.0 Å². The van der Waals surface area contributed by atoms with Gasteiger partial charge in [-0.1, -0.05) is 35.3 Å². The molecule has 3 aromatic carbocycles. The summed E-state index contributed by atoms with van der Waals surface area (Å²) < 4.78 is 78.6. The maximum Gasteiger partial charge on any atom is 0.296 e. The summed E-state index contributed by atoms with van der Waals surface area (Å²) in [6, 6.07) is 13.4. The molecule has 1 saturated carbocycles. The Labute approximate surface area is 443 Å². The molecule has 4 bridgehead atoms. The second-order valence-electron chi connectivity index (χ2n) is 18.9. The summed E-state index contributed by atoms with van der Waals surface area (Å²) in [5, 5.41) is 1.13. The number of likely N-dealkylation sites (N-methyl/N-ethyl adjacent to an activating group) is 1. The first-order chi connectivity index (χ1) is 35.9. The zero-order chi connectivity index (χ0) is 51.8. The number of halogens is 4. The number of hydrogen-bond donors (Lipinski definition) is 0. The van der Waals surface area contributed by atoms with Crippen LogP contribution in [0.4, 0.5) is 8.78 Å². The SMILES string of the molecule is COCCOCCOCC1(F)CCC(c2nccc(COc3ccc4cc3C[C@H](OC=O)Oc3ncnc5sc(-c6ccc(F)cc6)c(c35)-c3c(C)c(Cl)c(c(Cl)c3C)O[C@H](CN3CCN(C)CC3)CO4)n2)CC1. The lowest BCUT2D eigenvalue weighted by molar-refractivity contribution is -0.147. The third-order valence-corrected chi connectivity index (χ3v) is 15.8. The summed E-state index contributed by atoms with van der Waals surface area (Å²) >= 11 is 16.1. The average molecular weight is 1080 g/mol. The molecule has 4 aliphatic rings. The average Bonchev–Trinajstić information content (AvgIpc) is 3.79. The maximum atomic E-state index is 15.8. The Morgan fingerprint density at radius 1 is 0.905 bits per heavy atom. The molecule has 6 heterocycles. The first-order valence-corrected chi connectivity index (χ1v) is 26.4. The molecule has 15 nitrogen and oxygen atoms in total. The topological polar surface area (TPSA) is 149 Å². The van der Waals surface area contributed by atoms with E-state index in [4.69, 9.17) is 66.1 Å². The molecule has 0 spiro atoms. The Bertz CT molecular complexity index is 2860. The summed E-state index contributed by atoms with van der Waals surface area (Å²) in [5.41, 5.74) is 3.20. The lowest BCUT2D eigenvalue weighted by Crippen LogP contribution is -2.49. The number of aromatic nitrogens is 4. The third kappa shape index (κ3) is 12.7. The summed E-state index contributed by atoms with van der Waals surface area (Å²) in [6.07, 6.45) is 3.12. The van der Waals surface area contributed by atoms with Crippen molar-refractivity contribution in [2.45, 2.75) is 76.5 Å². The number of ether oxygens (including phenoxy) is 8. The number of hydrogen-bond acceptors (Lipinski definition) is 16. The molecule has 1 saturated heterocycles. The number of carbonyl (C=O) groups excluding carboxylic acids is 1. The van der Waals surface area contributed by atoms with Crippen LogP contribution in [0.5, 0.6) is 23.1 Å². The van der Waals surface area contributed by atoms with Crippen molar-refractivity contribution >= 4 is 51.2 Å². The number of benzene rings is 3. The molecule has 2 atom stereocenters. The van der Waals surface area contributed by atoms with E-state index in [1.165, 1.54) is 29.8 Å². The summed E-state index contributed by atoms with van der Waals surface area (Å²) in [6.45, 7) is 9.97. The first-order valence-electron chi connectivity index (χ1n) is 24.8. The number of piperazine rings is 1. The van der Waals surface area contributed by atoms with Crippen molar-refractivity contribution in [3.05, 3.63) is 105 Å². The molecule has 10 rings (SSSR count). The Balaban J connectivity index is 1.03. The van der Waals surface area contributed by atoms with Gasteiger partial charge in [-0.3, -0.25) is 9.69 Å². The van der Waals surface area contributed by atoms with Crippen LogP contribution in [0, 0.1) is 19.7 Å². The normalized spacial score (nSPS) is 20.6. The van der Waals surface area contributed by atoms with E-state index in [-0.39, 0.29) is 43.9 Å². The van der Waals surface area contributed by atoms with Gasteiger partial charge in [-0.2, -0.15) is 0 Å². The predicted octanol–water partition coefficient (Wildman–Crippen LogP) is 10.0. The molecule has 0 N–H and O–H groups in total. The fourth-order valence-corrected chi connectivity index (χ4v) is 11.3. The lowest BCUT2D eigenvalue weighted by atomic mass is 9.80. The van der Waals surface area contributed by atoms with E-state index in [1.807, 2.05) is 19.9 Å². The minimum Gasteiger partial charge on any atom is -0.490 e. The van der Waals surface area contributed by atoms with Crippen molar-refractivity contribution in [2.75, 3.05) is 86.5 Å². The highest BCUT2D eigenvalue weighted by Crippen LogP contribution is 2.53. The van der Waals surface area contributed by atoms with Gasteiger partial charge in [-0.05, 0) is 105 Å². The van der Waals surface area contributed by atoms with Gasteiger partial charge in [0.1, 0.15) is 59.3 Å². The number of alkyl halides is 1. The van der Waals surface area contributed by atoms with Crippen molar-refractivity contribution < 1.29 is 51.5 Å². The largest absolute Gasteiger partial charge is 0.490 e. The van der Waals surface area contributed by atoms with E-state index < -0.39 is 18.1 Å². The predicted molar refractivity (Wildman–Crippen MR) is 278 cm³/mol. The fraction of sp³-hybridized carbons (Fsp3) is 0.463. The minimum atomic E-state index is -1.43. The van der Waals surface area contributed by atoms with Crippen molar-refractivity contribution in [3.8, 4) is 44.7 Å². The third-order valence-electron chi connectivity index (χ3n) is 13.8. The maximum absolute atomic E-state index is 15.8. The molecule has 20 heteroatoms. The molecule has 0 amide bonds. The fourth-order valence-electron chi connectivity index (χ4n) is 9.68. The van der Waals surface area contributed by atoms with Gasteiger partial charge in [0.05, 0.1) is 60.6 Å². The van der Waals surface area contributed by atoms with Crippen LogP contribution in [0.2, 0.25) is 10.0 Å². The molecule has 6 aromatic rings.